The highest BCUT2D eigenvalue weighted by atomic mass is 15.1. The van der Waals surface area contributed by atoms with E-state index in [-0.39, 0.29) is 0 Å². The van der Waals surface area contributed by atoms with Gasteiger partial charge in [0.15, 0.2) is 0 Å². The van der Waals surface area contributed by atoms with E-state index in [9.17, 15) is 0 Å². The first-order valence-electron chi connectivity index (χ1n) is 9.31. The quantitative estimate of drug-likeness (QED) is 0.456. The van der Waals surface area contributed by atoms with Crippen LogP contribution in [0.3, 0.4) is 0 Å². The van der Waals surface area contributed by atoms with Crippen LogP contribution in [0, 0.1) is 0 Å². The van der Waals surface area contributed by atoms with Crippen molar-refractivity contribution in [2.45, 2.75) is 84.6 Å². The summed E-state index contributed by atoms with van der Waals surface area (Å²) >= 11 is 0. The molecule has 2 aromatic rings. The molecule has 0 saturated carbocycles. The van der Waals surface area contributed by atoms with E-state index >= 15 is 0 Å². The van der Waals surface area contributed by atoms with Crippen LogP contribution in [0.1, 0.15) is 77.5 Å². The molecule has 2 rings (SSSR count). The van der Waals surface area contributed by atoms with Gasteiger partial charge in [-0.2, -0.15) is 0 Å². The third kappa shape index (κ3) is 4.86. The number of unbranched alkanes of at least 4 members (excludes halogenated alkanes) is 7. The molecule has 0 aliphatic rings. The van der Waals surface area contributed by atoms with Crippen LogP contribution in [-0.4, -0.2) is 9.55 Å². The fourth-order valence-corrected chi connectivity index (χ4v) is 3.21. The predicted octanol–water partition coefficient (Wildman–Crippen LogP) is 6.13. The van der Waals surface area contributed by atoms with E-state index in [0.29, 0.717) is 0 Å². The molecular formula is C20H32N2. The van der Waals surface area contributed by atoms with Gasteiger partial charge in [0.1, 0.15) is 5.82 Å². The maximum absolute atomic E-state index is 4.85. The molecular weight excluding hydrogens is 268 g/mol. The molecule has 122 valence electrons. The highest BCUT2D eigenvalue weighted by Gasteiger charge is 2.09. The Morgan fingerprint density at radius 2 is 1.50 bits per heavy atom. The van der Waals surface area contributed by atoms with Gasteiger partial charge < -0.3 is 4.57 Å². The van der Waals surface area contributed by atoms with Crippen LogP contribution in [0.15, 0.2) is 24.3 Å². The standard InChI is InChI=1S/C20H32N2/c1-3-5-6-7-8-9-10-11-16-20-21-18-14-12-13-15-19(18)22(20)17-4-2/h12-15H,3-11,16-17H2,1-2H3. The molecule has 0 spiro atoms. The van der Waals surface area contributed by atoms with Crippen molar-refractivity contribution in [1.29, 1.82) is 0 Å². The third-order valence-corrected chi connectivity index (χ3v) is 4.43. The first-order chi connectivity index (χ1) is 10.9. The van der Waals surface area contributed by atoms with Gasteiger partial charge in [-0.1, -0.05) is 70.9 Å². The average Bonchev–Trinajstić information content (AvgIpc) is 2.88. The molecule has 0 atom stereocenters. The second-order valence-corrected chi connectivity index (χ2v) is 6.39. The van der Waals surface area contributed by atoms with Gasteiger partial charge in [0.2, 0.25) is 0 Å². The van der Waals surface area contributed by atoms with Crippen molar-refractivity contribution in [2.24, 2.45) is 0 Å². The SMILES string of the molecule is CCCCCCCCCCc1nc2ccccc2n1CCC. The molecule has 1 aromatic carbocycles. The van der Waals surface area contributed by atoms with Crippen molar-refractivity contribution < 1.29 is 0 Å². The van der Waals surface area contributed by atoms with Crippen LogP contribution in [-0.2, 0) is 13.0 Å². The lowest BCUT2D eigenvalue weighted by Gasteiger charge is -2.07. The summed E-state index contributed by atoms with van der Waals surface area (Å²) in [4.78, 5) is 4.85. The van der Waals surface area contributed by atoms with Crippen LogP contribution in [0.4, 0.5) is 0 Å². The summed E-state index contributed by atoms with van der Waals surface area (Å²) in [5.74, 6) is 1.29. The number of fused-ring (bicyclic) bond motifs is 1. The number of hydrogen-bond donors (Lipinski definition) is 0. The van der Waals surface area contributed by atoms with E-state index in [1.807, 2.05) is 0 Å². The van der Waals surface area contributed by atoms with Crippen molar-refractivity contribution >= 4 is 11.0 Å². The number of hydrogen-bond acceptors (Lipinski definition) is 1. The smallest absolute Gasteiger partial charge is 0.109 e. The van der Waals surface area contributed by atoms with Crippen LogP contribution >= 0.6 is 0 Å². The maximum Gasteiger partial charge on any atom is 0.109 e. The minimum atomic E-state index is 1.09. The minimum Gasteiger partial charge on any atom is -0.328 e. The molecule has 0 amide bonds. The number of para-hydroxylation sites is 2. The molecule has 22 heavy (non-hydrogen) atoms. The number of imidazole rings is 1. The zero-order valence-electron chi connectivity index (χ0n) is 14.5. The Hall–Kier alpha value is -1.31. The first-order valence-corrected chi connectivity index (χ1v) is 9.31. The predicted molar refractivity (Wildman–Crippen MR) is 96.3 cm³/mol. The van der Waals surface area contributed by atoms with E-state index < -0.39 is 0 Å². The summed E-state index contributed by atoms with van der Waals surface area (Å²) in [5, 5.41) is 0. The lowest BCUT2D eigenvalue weighted by Crippen LogP contribution is -2.03. The van der Waals surface area contributed by atoms with Crippen LogP contribution in [0.25, 0.3) is 11.0 Å². The Balaban J connectivity index is 1.80. The fourth-order valence-electron chi connectivity index (χ4n) is 3.21. The maximum atomic E-state index is 4.85. The number of rotatable bonds is 11. The Bertz CT molecular complexity index is 542. The number of nitrogens with zero attached hydrogens (tertiary/aromatic N) is 2. The van der Waals surface area contributed by atoms with E-state index in [0.717, 1.165) is 18.5 Å². The van der Waals surface area contributed by atoms with Gasteiger partial charge in [-0.15, -0.1) is 0 Å². The van der Waals surface area contributed by atoms with Crippen molar-refractivity contribution in [3.8, 4) is 0 Å². The van der Waals surface area contributed by atoms with Crippen molar-refractivity contribution in [3.63, 3.8) is 0 Å². The molecule has 0 radical (unpaired) electrons. The lowest BCUT2D eigenvalue weighted by atomic mass is 10.1. The van der Waals surface area contributed by atoms with Gasteiger partial charge in [-0.3, -0.25) is 0 Å². The minimum absolute atomic E-state index is 1.09. The highest BCUT2D eigenvalue weighted by molar-refractivity contribution is 5.75. The van der Waals surface area contributed by atoms with Gasteiger partial charge in [0.25, 0.3) is 0 Å². The van der Waals surface area contributed by atoms with E-state index in [2.05, 4.69) is 42.7 Å². The van der Waals surface area contributed by atoms with Gasteiger partial charge in [-0.25, -0.2) is 4.98 Å². The summed E-state index contributed by atoms with van der Waals surface area (Å²) in [5.41, 5.74) is 2.46. The molecule has 2 heteroatoms. The van der Waals surface area contributed by atoms with Crippen molar-refractivity contribution in [1.82, 2.24) is 9.55 Å². The molecule has 0 aliphatic carbocycles. The number of benzene rings is 1. The fraction of sp³-hybridized carbons (Fsp3) is 0.650. The van der Waals surface area contributed by atoms with Crippen molar-refractivity contribution in [3.05, 3.63) is 30.1 Å². The van der Waals surface area contributed by atoms with E-state index in [1.54, 1.807) is 0 Å². The Labute approximate surface area is 135 Å². The first kappa shape index (κ1) is 17.1. The molecule has 0 N–H and O–H groups in total. The van der Waals surface area contributed by atoms with E-state index in [4.69, 9.17) is 4.98 Å². The zero-order valence-corrected chi connectivity index (χ0v) is 14.5. The van der Waals surface area contributed by atoms with E-state index in [1.165, 1.54) is 69.1 Å². The molecule has 0 saturated heterocycles. The second-order valence-electron chi connectivity index (χ2n) is 6.39. The Morgan fingerprint density at radius 3 is 2.23 bits per heavy atom. The topological polar surface area (TPSA) is 17.8 Å². The monoisotopic (exact) mass is 300 g/mol. The van der Waals surface area contributed by atoms with Crippen LogP contribution in [0.2, 0.25) is 0 Å². The van der Waals surface area contributed by atoms with Crippen LogP contribution < -0.4 is 0 Å². The van der Waals surface area contributed by atoms with Gasteiger partial charge in [0, 0.05) is 13.0 Å². The van der Waals surface area contributed by atoms with Crippen molar-refractivity contribution in [2.75, 3.05) is 0 Å². The van der Waals surface area contributed by atoms with Gasteiger partial charge >= 0.3 is 0 Å². The molecule has 0 bridgehead atoms. The normalized spacial score (nSPS) is 11.4. The second kappa shape index (κ2) is 9.66. The van der Waals surface area contributed by atoms with Gasteiger partial charge in [0.05, 0.1) is 11.0 Å². The molecule has 2 nitrogen and oxygen atoms in total. The summed E-state index contributed by atoms with van der Waals surface area (Å²) in [6.07, 6.45) is 13.3. The molecule has 1 heterocycles. The lowest BCUT2D eigenvalue weighted by molar-refractivity contribution is 0.563. The molecule has 1 aromatic heterocycles. The number of aryl methyl sites for hydroxylation is 2. The summed E-state index contributed by atoms with van der Waals surface area (Å²) in [6, 6.07) is 8.55. The molecule has 0 fully saturated rings. The highest BCUT2D eigenvalue weighted by Crippen LogP contribution is 2.18. The largest absolute Gasteiger partial charge is 0.328 e. The number of aromatic nitrogens is 2. The molecule has 0 aliphatic heterocycles. The molecule has 0 unspecified atom stereocenters. The third-order valence-electron chi connectivity index (χ3n) is 4.43. The average molecular weight is 300 g/mol. The Morgan fingerprint density at radius 1 is 0.818 bits per heavy atom. The van der Waals surface area contributed by atoms with Gasteiger partial charge in [-0.05, 0) is 25.0 Å². The summed E-state index contributed by atoms with van der Waals surface area (Å²) < 4.78 is 2.43. The Kier molecular flexibility index (Phi) is 7.48. The summed E-state index contributed by atoms with van der Waals surface area (Å²) in [7, 11) is 0. The zero-order chi connectivity index (χ0) is 15.6. The summed E-state index contributed by atoms with van der Waals surface area (Å²) in [6.45, 7) is 5.62. The van der Waals surface area contributed by atoms with Crippen LogP contribution in [0.5, 0.6) is 0 Å².